The molecule has 0 aliphatic heterocycles. The van der Waals surface area contributed by atoms with Gasteiger partial charge in [-0.05, 0) is 67.3 Å². The number of aryl methyl sites for hydroxylation is 1. The number of carboxylic acid groups (broad SMARTS) is 2. The minimum absolute atomic E-state index is 0.107. The first-order valence-electron chi connectivity index (χ1n) is 15.8. The van der Waals surface area contributed by atoms with E-state index < -0.39 is 35.8 Å². The van der Waals surface area contributed by atoms with Crippen molar-refractivity contribution in [3.63, 3.8) is 0 Å². The van der Waals surface area contributed by atoms with E-state index in [1.54, 1.807) is 30.5 Å². The fraction of sp³-hybridized carbons (Fsp3) is 0.486. The van der Waals surface area contributed by atoms with E-state index >= 15 is 0 Å². The minimum Gasteiger partial charge on any atom is -0.480 e. The Morgan fingerprint density at radius 3 is 1.77 bits per heavy atom. The van der Waals surface area contributed by atoms with Gasteiger partial charge in [-0.3, -0.25) is 9.59 Å². The zero-order valence-electron chi connectivity index (χ0n) is 28.1. The number of anilines is 2. The smallest absolute Gasteiger partial charge is 0.326 e. The first kappa shape index (κ1) is 38.3. The molecule has 2 rings (SSSR count). The van der Waals surface area contributed by atoms with Gasteiger partial charge in [-0.15, -0.1) is 4.99 Å². The number of guanidine groups is 1. The Balaban J connectivity index is 2.05. The SMILES string of the molecule is Cc1ccc(NC(=NC#N)Nc2ccc(C(CC(C)C)C(=O)NC(CCCCC(NC(=O)CC(C)(C)C)C(=O)O)C(=O)O)cc2)cc1. The zero-order chi connectivity index (χ0) is 35.1. The van der Waals surface area contributed by atoms with Gasteiger partial charge in [-0.25, -0.2) is 9.59 Å². The van der Waals surface area contributed by atoms with Crippen molar-refractivity contribution in [2.24, 2.45) is 16.3 Å². The van der Waals surface area contributed by atoms with Crippen LogP contribution in [-0.4, -0.2) is 52.0 Å². The van der Waals surface area contributed by atoms with E-state index in [4.69, 9.17) is 5.26 Å². The van der Waals surface area contributed by atoms with E-state index in [-0.39, 0.29) is 42.5 Å². The molecule has 2 aromatic carbocycles. The Kier molecular flexibility index (Phi) is 14.9. The normalized spacial score (nSPS) is 13.5. The number of hydrogen-bond donors (Lipinski definition) is 6. The molecule has 6 N–H and O–H groups in total. The van der Waals surface area contributed by atoms with Gasteiger partial charge in [-0.2, -0.15) is 5.26 Å². The van der Waals surface area contributed by atoms with Crippen LogP contribution in [0.3, 0.4) is 0 Å². The average Bonchev–Trinajstić information content (AvgIpc) is 2.97. The highest BCUT2D eigenvalue weighted by atomic mass is 16.4. The molecule has 0 aliphatic rings. The Bertz CT molecular complexity index is 1420. The topological polar surface area (TPSA) is 193 Å². The quantitative estimate of drug-likeness (QED) is 0.0580. The van der Waals surface area contributed by atoms with Crippen molar-refractivity contribution in [2.45, 2.75) is 98.1 Å². The number of rotatable bonds is 16. The number of carbonyl (C=O) groups excluding carboxylic acids is 2. The van der Waals surface area contributed by atoms with Crippen LogP contribution in [-0.2, 0) is 19.2 Å². The molecule has 0 spiro atoms. The molecule has 2 aromatic rings. The number of carboxylic acids is 2. The second kappa shape index (κ2) is 18.3. The van der Waals surface area contributed by atoms with Crippen molar-refractivity contribution in [3.05, 3.63) is 59.7 Å². The lowest BCUT2D eigenvalue weighted by atomic mass is 9.89. The summed E-state index contributed by atoms with van der Waals surface area (Å²) in [5.41, 5.74) is 2.88. The number of carbonyl (C=O) groups is 4. The van der Waals surface area contributed by atoms with Gasteiger partial charge in [0.1, 0.15) is 12.1 Å². The lowest BCUT2D eigenvalue weighted by Gasteiger charge is -2.23. The van der Waals surface area contributed by atoms with Gasteiger partial charge in [0.05, 0.1) is 5.92 Å². The summed E-state index contributed by atoms with van der Waals surface area (Å²) in [4.78, 5) is 53.2. The fourth-order valence-electron chi connectivity index (χ4n) is 4.92. The molecule has 47 heavy (non-hydrogen) atoms. The summed E-state index contributed by atoms with van der Waals surface area (Å²) >= 11 is 0. The monoisotopic (exact) mass is 648 g/mol. The number of nitrogens with zero attached hydrogens (tertiary/aromatic N) is 2. The Morgan fingerprint density at radius 1 is 0.830 bits per heavy atom. The predicted octanol–water partition coefficient (Wildman–Crippen LogP) is 5.62. The van der Waals surface area contributed by atoms with Crippen LogP contribution in [0.4, 0.5) is 11.4 Å². The van der Waals surface area contributed by atoms with E-state index in [0.29, 0.717) is 30.5 Å². The van der Waals surface area contributed by atoms with Crippen LogP contribution < -0.4 is 21.3 Å². The van der Waals surface area contributed by atoms with Crippen LogP contribution >= 0.6 is 0 Å². The second-order valence-corrected chi connectivity index (χ2v) is 13.4. The van der Waals surface area contributed by atoms with E-state index in [9.17, 15) is 29.4 Å². The molecule has 254 valence electrons. The number of nitriles is 1. The number of nitrogens with one attached hydrogen (secondary N) is 4. The molecule has 0 saturated carbocycles. The van der Waals surface area contributed by atoms with Crippen LogP contribution in [0.15, 0.2) is 53.5 Å². The molecule has 0 radical (unpaired) electrons. The third-order valence-corrected chi connectivity index (χ3v) is 7.25. The van der Waals surface area contributed by atoms with Crippen molar-refractivity contribution < 1.29 is 29.4 Å². The number of aliphatic imine (C=N–C) groups is 1. The van der Waals surface area contributed by atoms with Crippen LogP contribution in [0.2, 0.25) is 0 Å². The van der Waals surface area contributed by atoms with E-state index in [2.05, 4.69) is 26.3 Å². The molecule has 0 aromatic heterocycles. The van der Waals surface area contributed by atoms with Crippen LogP contribution in [0.25, 0.3) is 0 Å². The number of aliphatic carboxylic acids is 2. The summed E-state index contributed by atoms with van der Waals surface area (Å²) in [6.45, 7) is 11.6. The van der Waals surface area contributed by atoms with E-state index in [0.717, 1.165) is 11.3 Å². The third-order valence-electron chi connectivity index (χ3n) is 7.25. The van der Waals surface area contributed by atoms with Crippen LogP contribution in [0, 0.1) is 29.7 Å². The molecule has 0 bridgehead atoms. The standard InChI is InChI=1S/C35H48N6O6/c1-22(2)19-27(24-13-17-26(18-14-24)39-34(37-21-36)38-25-15-11-23(3)12-16-25)31(43)41-29(33(46)47)10-8-7-9-28(32(44)45)40-30(42)20-35(4,5)6/h11-18,22,27-29H,7-10,19-20H2,1-6H3,(H,40,42)(H,41,43)(H,44,45)(H,46,47)(H2,37,38,39). The van der Waals surface area contributed by atoms with Gasteiger partial charge in [0.15, 0.2) is 0 Å². The second-order valence-electron chi connectivity index (χ2n) is 13.4. The lowest BCUT2D eigenvalue weighted by Crippen LogP contribution is -2.43. The molecule has 3 unspecified atom stereocenters. The predicted molar refractivity (Wildman–Crippen MR) is 182 cm³/mol. The highest BCUT2D eigenvalue weighted by Crippen LogP contribution is 2.26. The average molecular weight is 649 g/mol. The van der Waals surface area contributed by atoms with Gasteiger partial charge in [0.2, 0.25) is 24.0 Å². The van der Waals surface area contributed by atoms with Gasteiger partial charge in [-0.1, -0.05) is 77.3 Å². The summed E-state index contributed by atoms with van der Waals surface area (Å²) in [7, 11) is 0. The molecule has 2 amide bonds. The molecular weight excluding hydrogens is 600 g/mol. The molecule has 0 saturated heterocycles. The third kappa shape index (κ3) is 14.4. The number of hydrogen-bond acceptors (Lipinski definition) is 6. The van der Waals surface area contributed by atoms with Crippen molar-refractivity contribution in [3.8, 4) is 6.19 Å². The Morgan fingerprint density at radius 2 is 1.32 bits per heavy atom. The number of unbranched alkanes of at least 4 members (excludes halogenated alkanes) is 1. The van der Waals surface area contributed by atoms with Crippen molar-refractivity contribution in [2.75, 3.05) is 10.6 Å². The molecule has 0 heterocycles. The first-order valence-corrected chi connectivity index (χ1v) is 15.8. The van der Waals surface area contributed by atoms with Crippen molar-refractivity contribution in [1.82, 2.24) is 10.6 Å². The summed E-state index contributed by atoms with van der Waals surface area (Å²) in [5.74, 6) is -3.34. The first-order chi connectivity index (χ1) is 22.1. The van der Waals surface area contributed by atoms with Gasteiger partial charge in [0.25, 0.3) is 0 Å². The van der Waals surface area contributed by atoms with Gasteiger partial charge >= 0.3 is 11.9 Å². The van der Waals surface area contributed by atoms with E-state index in [1.165, 1.54) is 0 Å². The fourth-order valence-corrected chi connectivity index (χ4v) is 4.92. The molecular formula is C35H48N6O6. The number of benzene rings is 2. The maximum absolute atomic E-state index is 13.5. The number of amides is 2. The summed E-state index contributed by atoms with van der Waals surface area (Å²) in [6, 6.07) is 12.4. The van der Waals surface area contributed by atoms with Gasteiger partial charge < -0.3 is 31.5 Å². The lowest BCUT2D eigenvalue weighted by molar-refractivity contribution is -0.143. The highest BCUT2D eigenvalue weighted by molar-refractivity contribution is 6.04. The minimum atomic E-state index is -1.18. The summed E-state index contributed by atoms with van der Waals surface area (Å²) in [6.07, 6.45) is 3.38. The molecule has 0 aliphatic carbocycles. The Hall–Kier alpha value is -4.92. The molecule has 0 fully saturated rings. The maximum atomic E-state index is 13.5. The van der Waals surface area contributed by atoms with Crippen LogP contribution in [0.5, 0.6) is 0 Å². The van der Waals surface area contributed by atoms with Crippen LogP contribution in [0.1, 0.15) is 90.2 Å². The zero-order valence-corrected chi connectivity index (χ0v) is 28.1. The maximum Gasteiger partial charge on any atom is 0.326 e. The summed E-state index contributed by atoms with van der Waals surface area (Å²) < 4.78 is 0. The molecule has 3 atom stereocenters. The molecule has 12 heteroatoms. The van der Waals surface area contributed by atoms with Crippen molar-refractivity contribution in [1.29, 1.82) is 5.26 Å². The highest BCUT2D eigenvalue weighted by Gasteiger charge is 2.28. The largest absolute Gasteiger partial charge is 0.480 e. The van der Waals surface area contributed by atoms with E-state index in [1.807, 2.05) is 65.8 Å². The van der Waals surface area contributed by atoms with Gasteiger partial charge in [0, 0.05) is 17.8 Å². The Labute approximate surface area is 277 Å². The van der Waals surface area contributed by atoms with Crippen molar-refractivity contribution >= 4 is 41.1 Å². The molecule has 12 nitrogen and oxygen atoms in total. The summed E-state index contributed by atoms with van der Waals surface area (Å²) in [5, 5.41) is 39.9.